The number of rotatable bonds is 2. The Balaban J connectivity index is 1.42. The van der Waals surface area contributed by atoms with Crippen LogP contribution in [-0.4, -0.2) is 47.3 Å². The van der Waals surface area contributed by atoms with Crippen LogP contribution in [0.15, 0.2) is 18.2 Å². The fourth-order valence-electron chi connectivity index (χ4n) is 3.92. The van der Waals surface area contributed by atoms with Crippen LogP contribution < -0.4 is 0 Å². The number of hydrogen-bond donors (Lipinski definition) is 0. The van der Waals surface area contributed by atoms with Crippen molar-refractivity contribution in [3.05, 3.63) is 33.8 Å². The van der Waals surface area contributed by atoms with E-state index < -0.39 is 0 Å². The lowest BCUT2D eigenvalue weighted by molar-refractivity contribution is -0.140. The van der Waals surface area contributed by atoms with E-state index in [1.807, 2.05) is 21.9 Å². The van der Waals surface area contributed by atoms with E-state index in [4.69, 9.17) is 23.2 Å². The van der Waals surface area contributed by atoms with Crippen LogP contribution in [0, 0.1) is 5.92 Å². The van der Waals surface area contributed by atoms with Crippen molar-refractivity contribution in [2.24, 2.45) is 5.92 Å². The van der Waals surface area contributed by atoms with Gasteiger partial charge in [-0.25, -0.2) is 0 Å². The molecule has 0 aromatic heterocycles. The van der Waals surface area contributed by atoms with Gasteiger partial charge in [0.2, 0.25) is 11.8 Å². The van der Waals surface area contributed by atoms with E-state index in [0.29, 0.717) is 36.1 Å². The van der Waals surface area contributed by atoms with Crippen molar-refractivity contribution in [2.45, 2.75) is 31.2 Å². The SMILES string of the molecule is O=C([C@@H]1C[C@H]1c1cc(Cl)cc(Cl)c1)N1CCN2C(=O)CCC2C1. The molecule has 23 heavy (non-hydrogen) atoms. The highest BCUT2D eigenvalue weighted by Gasteiger charge is 2.47. The third kappa shape index (κ3) is 2.83. The second-order valence-electron chi connectivity index (χ2n) is 6.72. The molecule has 122 valence electrons. The third-order valence-electron chi connectivity index (χ3n) is 5.23. The molecular formula is C17H18Cl2N2O2. The minimum Gasteiger partial charge on any atom is -0.339 e. The van der Waals surface area contributed by atoms with Crippen molar-refractivity contribution >= 4 is 35.0 Å². The normalized spacial score (nSPS) is 29.7. The molecule has 1 saturated carbocycles. The summed E-state index contributed by atoms with van der Waals surface area (Å²) < 4.78 is 0. The third-order valence-corrected chi connectivity index (χ3v) is 5.66. The molecular weight excluding hydrogens is 335 g/mol. The van der Waals surface area contributed by atoms with Crippen molar-refractivity contribution in [3.63, 3.8) is 0 Å². The molecule has 1 aliphatic carbocycles. The minimum atomic E-state index is 0.0354. The van der Waals surface area contributed by atoms with E-state index in [0.717, 1.165) is 18.4 Å². The lowest BCUT2D eigenvalue weighted by atomic mass is 10.1. The number of carbonyl (C=O) groups excluding carboxylic acids is 2. The summed E-state index contributed by atoms with van der Waals surface area (Å²) in [7, 11) is 0. The summed E-state index contributed by atoms with van der Waals surface area (Å²) in [5, 5.41) is 1.23. The summed E-state index contributed by atoms with van der Waals surface area (Å²) in [4.78, 5) is 28.3. The van der Waals surface area contributed by atoms with Gasteiger partial charge in [0.25, 0.3) is 0 Å². The molecule has 0 radical (unpaired) electrons. The molecule has 0 N–H and O–H groups in total. The summed E-state index contributed by atoms with van der Waals surface area (Å²) in [6, 6.07) is 5.73. The van der Waals surface area contributed by atoms with E-state index >= 15 is 0 Å². The van der Waals surface area contributed by atoms with Gasteiger partial charge in [-0.05, 0) is 42.5 Å². The maximum absolute atomic E-state index is 12.7. The Morgan fingerprint density at radius 2 is 1.87 bits per heavy atom. The minimum absolute atomic E-state index is 0.0354. The molecule has 2 aliphatic heterocycles. The van der Waals surface area contributed by atoms with Gasteiger partial charge >= 0.3 is 0 Å². The molecule has 3 atom stereocenters. The average Bonchev–Trinajstić information content (AvgIpc) is 3.24. The highest BCUT2D eigenvalue weighted by Crippen LogP contribution is 2.49. The number of carbonyl (C=O) groups is 2. The summed E-state index contributed by atoms with van der Waals surface area (Å²) in [6.45, 7) is 2.01. The van der Waals surface area contributed by atoms with Crippen LogP contribution in [0.2, 0.25) is 10.0 Å². The lowest BCUT2D eigenvalue weighted by Gasteiger charge is -2.37. The fraction of sp³-hybridized carbons (Fsp3) is 0.529. The lowest BCUT2D eigenvalue weighted by Crippen LogP contribution is -2.53. The molecule has 1 aromatic rings. The van der Waals surface area contributed by atoms with Crippen LogP contribution in [0.25, 0.3) is 0 Å². The molecule has 6 heteroatoms. The largest absolute Gasteiger partial charge is 0.339 e. The van der Waals surface area contributed by atoms with Gasteiger partial charge in [0.1, 0.15) is 0 Å². The Bertz CT molecular complexity index is 658. The Morgan fingerprint density at radius 1 is 1.13 bits per heavy atom. The Hall–Kier alpha value is -1.26. The molecule has 3 fully saturated rings. The molecule has 4 nitrogen and oxygen atoms in total. The van der Waals surface area contributed by atoms with Gasteiger partial charge in [0, 0.05) is 48.1 Å². The van der Waals surface area contributed by atoms with Gasteiger partial charge in [-0.3, -0.25) is 9.59 Å². The van der Waals surface area contributed by atoms with Crippen LogP contribution in [0.5, 0.6) is 0 Å². The summed E-state index contributed by atoms with van der Waals surface area (Å²) in [5.41, 5.74) is 1.05. The Kier molecular flexibility index (Phi) is 3.77. The zero-order valence-corrected chi connectivity index (χ0v) is 14.2. The van der Waals surface area contributed by atoms with Crippen molar-refractivity contribution in [1.82, 2.24) is 9.80 Å². The number of hydrogen-bond acceptors (Lipinski definition) is 2. The molecule has 2 saturated heterocycles. The highest BCUT2D eigenvalue weighted by atomic mass is 35.5. The summed E-state index contributed by atoms with van der Waals surface area (Å²) in [5.74, 6) is 0.709. The van der Waals surface area contributed by atoms with Crippen LogP contribution in [0.4, 0.5) is 0 Å². The quantitative estimate of drug-likeness (QED) is 0.820. The van der Waals surface area contributed by atoms with Gasteiger partial charge in [-0.1, -0.05) is 23.2 Å². The van der Waals surface area contributed by atoms with E-state index in [1.165, 1.54) is 0 Å². The monoisotopic (exact) mass is 352 g/mol. The van der Waals surface area contributed by atoms with E-state index in [1.54, 1.807) is 6.07 Å². The maximum atomic E-state index is 12.7. The number of amides is 2. The molecule has 3 aliphatic rings. The zero-order chi connectivity index (χ0) is 16.1. The van der Waals surface area contributed by atoms with Gasteiger partial charge in [0.15, 0.2) is 0 Å². The van der Waals surface area contributed by atoms with Crippen LogP contribution >= 0.6 is 23.2 Å². The average molecular weight is 353 g/mol. The topological polar surface area (TPSA) is 40.6 Å². The Morgan fingerprint density at radius 3 is 2.61 bits per heavy atom. The molecule has 2 amide bonds. The smallest absolute Gasteiger partial charge is 0.226 e. The number of fused-ring (bicyclic) bond motifs is 1. The van der Waals surface area contributed by atoms with Gasteiger partial charge in [-0.15, -0.1) is 0 Å². The van der Waals surface area contributed by atoms with Crippen molar-refractivity contribution in [1.29, 1.82) is 0 Å². The molecule has 0 bridgehead atoms. The first-order valence-corrected chi connectivity index (χ1v) is 8.83. The van der Waals surface area contributed by atoms with Gasteiger partial charge in [-0.2, -0.15) is 0 Å². The first-order chi connectivity index (χ1) is 11.0. The molecule has 1 aromatic carbocycles. The first-order valence-electron chi connectivity index (χ1n) is 8.07. The van der Waals surface area contributed by atoms with Crippen LogP contribution in [0.1, 0.15) is 30.7 Å². The molecule has 2 heterocycles. The van der Waals surface area contributed by atoms with Crippen molar-refractivity contribution in [3.8, 4) is 0 Å². The summed E-state index contributed by atoms with van der Waals surface area (Å²) >= 11 is 12.1. The first kappa shape index (κ1) is 15.3. The maximum Gasteiger partial charge on any atom is 0.226 e. The van der Waals surface area contributed by atoms with Gasteiger partial charge in [0.05, 0.1) is 0 Å². The second-order valence-corrected chi connectivity index (χ2v) is 7.59. The van der Waals surface area contributed by atoms with Crippen LogP contribution in [0.3, 0.4) is 0 Å². The molecule has 0 spiro atoms. The van der Waals surface area contributed by atoms with E-state index in [9.17, 15) is 9.59 Å². The standard InChI is InChI=1S/C17H18Cl2N2O2/c18-11-5-10(6-12(19)7-11)14-8-15(14)17(23)20-3-4-21-13(9-20)1-2-16(21)22/h5-7,13-15H,1-4,8-9H2/t13?,14-,15+/m0/s1. The predicted octanol–water partition coefficient (Wildman–Crippen LogP) is 2.93. The number of benzene rings is 1. The fourth-order valence-corrected chi connectivity index (χ4v) is 4.47. The van der Waals surface area contributed by atoms with E-state index in [-0.39, 0.29) is 29.7 Å². The number of halogens is 2. The number of piperazine rings is 1. The van der Waals surface area contributed by atoms with Gasteiger partial charge < -0.3 is 9.80 Å². The van der Waals surface area contributed by atoms with Crippen molar-refractivity contribution in [2.75, 3.05) is 19.6 Å². The summed E-state index contributed by atoms with van der Waals surface area (Å²) in [6.07, 6.45) is 2.36. The van der Waals surface area contributed by atoms with Crippen LogP contribution in [-0.2, 0) is 9.59 Å². The molecule has 1 unspecified atom stereocenters. The van der Waals surface area contributed by atoms with Crippen molar-refractivity contribution < 1.29 is 9.59 Å². The van der Waals surface area contributed by atoms with E-state index in [2.05, 4.69) is 0 Å². The Labute approximate surface area is 145 Å². The second kappa shape index (κ2) is 5.67. The molecule has 4 rings (SSSR count). The number of nitrogens with zero attached hydrogens (tertiary/aromatic N) is 2. The zero-order valence-electron chi connectivity index (χ0n) is 12.7. The predicted molar refractivity (Wildman–Crippen MR) is 88.6 cm³/mol. The highest BCUT2D eigenvalue weighted by molar-refractivity contribution is 6.34.